The van der Waals surface area contributed by atoms with Gasteiger partial charge in [-0.25, -0.2) is 13.4 Å². The van der Waals surface area contributed by atoms with Crippen molar-refractivity contribution in [1.82, 2.24) is 9.55 Å². The molecular formula is C11H20N2O4S. The van der Waals surface area contributed by atoms with Gasteiger partial charge in [0.15, 0.2) is 6.29 Å². The molecule has 1 aromatic rings. The zero-order valence-electron chi connectivity index (χ0n) is 11.0. The van der Waals surface area contributed by atoms with Crippen molar-refractivity contribution in [2.75, 3.05) is 18.6 Å². The first kappa shape index (κ1) is 15.1. The first-order chi connectivity index (χ1) is 8.42. The molecule has 0 amide bonds. The highest BCUT2D eigenvalue weighted by atomic mass is 32.2. The molecule has 7 heteroatoms. The number of rotatable bonds is 8. The van der Waals surface area contributed by atoms with Crippen LogP contribution >= 0.6 is 0 Å². The minimum absolute atomic E-state index is 0.0946. The summed E-state index contributed by atoms with van der Waals surface area (Å²) in [6.07, 6.45) is 4.21. The standard InChI is InChI=1S/C11H20N2O4S/c1-4-16-10(2)17-8-11-7-12-9-13(11)5-6-18(3,14)15/h7,9-10H,4-6,8H2,1-3H3. The van der Waals surface area contributed by atoms with Crippen LogP contribution in [0.2, 0.25) is 0 Å². The van der Waals surface area contributed by atoms with Gasteiger partial charge < -0.3 is 14.0 Å². The Balaban J connectivity index is 2.49. The summed E-state index contributed by atoms with van der Waals surface area (Å²) in [5.41, 5.74) is 0.838. The molecule has 1 rings (SSSR count). The van der Waals surface area contributed by atoms with Crippen LogP contribution in [0.25, 0.3) is 0 Å². The summed E-state index contributed by atoms with van der Waals surface area (Å²) in [5, 5.41) is 0. The van der Waals surface area contributed by atoms with E-state index < -0.39 is 9.84 Å². The van der Waals surface area contributed by atoms with Crippen LogP contribution in [0.4, 0.5) is 0 Å². The molecule has 0 saturated heterocycles. The third-order valence-electron chi connectivity index (χ3n) is 2.37. The number of nitrogens with zero attached hydrogens (tertiary/aromatic N) is 2. The van der Waals surface area contributed by atoms with Crippen molar-refractivity contribution in [2.24, 2.45) is 0 Å². The summed E-state index contributed by atoms with van der Waals surface area (Å²) in [5.74, 6) is 0.0946. The van der Waals surface area contributed by atoms with Crippen molar-refractivity contribution >= 4 is 9.84 Å². The van der Waals surface area contributed by atoms with Crippen molar-refractivity contribution in [3.8, 4) is 0 Å². The van der Waals surface area contributed by atoms with Crippen molar-refractivity contribution in [2.45, 2.75) is 33.3 Å². The molecule has 1 unspecified atom stereocenters. The minimum atomic E-state index is -2.97. The van der Waals surface area contributed by atoms with Crippen LogP contribution in [0.5, 0.6) is 0 Å². The molecule has 0 spiro atoms. The first-order valence-electron chi connectivity index (χ1n) is 5.82. The van der Waals surface area contributed by atoms with Crippen molar-refractivity contribution in [1.29, 1.82) is 0 Å². The molecule has 18 heavy (non-hydrogen) atoms. The van der Waals surface area contributed by atoms with E-state index in [0.717, 1.165) is 5.69 Å². The van der Waals surface area contributed by atoms with Crippen LogP contribution in [-0.2, 0) is 32.5 Å². The molecule has 0 saturated carbocycles. The average molecular weight is 276 g/mol. The van der Waals surface area contributed by atoms with Crippen LogP contribution in [0, 0.1) is 0 Å². The van der Waals surface area contributed by atoms with E-state index in [-0.39, 0.29) is 12.0 Å². The second-order valence-electron chi connectivity index (χ2n) is 4.04. The third kappa shape index (κ3) is 5.61. The van der Waals surface area contributed by atoms with Crippen molar-refractivity contribution in [3.05, 3.63) is 18.2 Å². The highest BCUT2D eigenvalue weighted by Gasteiger charge is 2.08. The van der Waals surface area contributed by atoms with E-state index in [1.165, 1.54) is 6.26 Å². The zero-order chi connectivity index (χ0) is 13.6. The second kappa shape index (κ2) is 6.86. The molecule has 0 fully saturated rings. The molecule has 0 aliphatic heterocycles. The summed E-state index contributed by atoms with van der Waals surface area (Å²) in [6.45, 7) is 5.05. The minimum Gasteiger partial charge on any atom is -0.353 e. The van der Waals surface area contributed by atoms with Gasteiger partial charge >= 0.3 is 0 Å². The molecule has 0 N–H and O–H groups in total. The molecule has 104 valence electrons. The van der Waals surface area contributed by atoms with E-state index in [0.29, 0.717) is 19.8 Å². The average Bonchev–Trinajstić information content (AvgIpc) is 2.70. The number of hydrogen-bond acceptors (Lipinski definition) is 5. The van der Waals surface area contributed by atoms with E-state index >= 15 is 0 Å². The molecule has 0 aliphatic carbocycles. The van der Waals surface area contributed by atoms with Crippen LogP contribution in [0.1, 0.15) is 19.5 Å². The lowest BCUT2D eigenvalue weighted by Crippen LogP contribution is -2.16. The van der Waals surface area contributed by atoms with Crippen molar-refractivity contribution < 1.29 is 17.9 Å². The van der Waals surface area contributed by atoms with Gasteiger partial charge in [0.1, 0.15) is 9.84 Å². The summed E-state index contributed by atoms with van der Waals surface area (Å²) >= 11 is 0. The van der Waals surface area contributed by atoms with Crippen LogP contribution < -0.4 is 0 Å². The Morgan fingerprint density at radius 1 is 1.44 bits per heavy atom. The molecule has 1 heterocycles. The number of aryl methyl sites for hydroxylation is 1. The lowest BCUT2D eigenvalue weighted by molar-refractivity contribution is -0.135. The monoisotopic (exact) mass is 276 g/mol. The Labute approximate surface area is 108 Å². The van der Waals surface area contributed by atoms with Crippen LogP contribution in [0.3, 0.4) is 0 Å². The molecule has 6 nitrogen and oxygen atoms in total. The molecule has 0 bridgehead atoms. The fraction of sp³-hybridized carbons (Fsp3) is 0.727. The van der Waals surface area contributed by atoms with Gasteiger partial charge in [-0.2, -0.15) is 0 Å². The lowest BCUT2D eigenvalue weighted by atomic mass is 10.5. The Morgan fingerprint density at radius 2 is 2.17 bits per heavy atom. The zero-order valence-corrected chi connectivity index (χ0v) is 11.8. The van der Waals surface area contributed by atoms with Gasteiger partial charge in [0.05, 0.1) is 30.6 Å². The highest BCUT2D eigenvalue weighted by molar-refractivity contribution is 7.90. The Morgan fingerprint density at radius 3 is 2.78 bits per heavy atom. The number of hydrogen-bond donors (Lipinski definition) is 0. The number of sulfone groups is 1. The molecule has 1 atom stereocenters. The molecule has 0 aromatic carbocycles. The van der Waals surface area contributed by atoms with Gasteiger partial charge in [-0.1, -0.05) is 0 Å². The quantitative estimate of drug-likeness (QED) is 0.658. The molecule has 1 aromatic heterocycles. The van der Waals surface area contributed by atoms with Gasteiger partial charge in [0.25, 0.3) is 0 Å². The molecule has 0 radical (unpaired) electrons. The number of aromatic nitrogens is 2. The Hall–Kier alpha value is -0.920. The van der Waals surface area contributed by atoms with E-state index in [1.54, 1.807) is 17.1 Å². The van der Waals surface area contributed by atoms with E-state index in [9.17, 15) is 8.42 Å². The van der Waals surface area contributed by atoms with E-state index in [2.05, 4.69) is 4.98 Å². The maximum absolute atomic E-state index is 11.1. The summed E-state index contributed by atoms with van der Waals surface area (Å²) in [7, 11) is -2.97. The van der Waals surface area contributed by atoms with Gasteiger partial charge in [-0.05, 0) is 13.8 Å². The van der Waals surface area contributed by atoms with E-state index in [4.69, 9.17) is 9.47 Å². The second-order valence-corrected chi connectivity index (χ2v) is 6.30. The maximum Gasteiger partial charge on any atom is 0.155 e. The fourth-order valence-electron chi connectivity index (χ4n) is 1.42. The SMILES string of the molecule is CCOC(C)OCc1cncn1CCS(C)(=O)=O. The predicted molar refractivity (Wildman–Crippen MR) is 67.8 cm³/mol. The van der Waals surface area contributed by atoms with Gasteiger partial charge in [-0.15, -0.1) is 0 Å². The lowest BCUT2D eigenvalue weighted by Gasteiger charge is -2.13. The summed E-state index contributed by atoms with van der Waals surface area (Å²) < 4.78 is 34.7. The number of ether oxygens (including phenoxy) is 2. The summed E-state index contributed by atoms with van der Waals surface area (Å²) in [4.78, 5) is 3.99. The largest absolute Gasteiger partial charge is 0.353 e. The third-order valence-corrected chi connectivity index (χ3v) is 3.29. The van der Waals surface area contributed by atoms with Gasteiger partial charge in [0, 0.05) is 19.4 Å². The maximum atomic E-state index is 11.1. The smallest absolute Gasteiger partial charge is 0.155 e. The summed E-state index contributed by atoms with van der Waals surface area (Å²) in [6, 6.07) is 0. The predicted octanol–water partition coefficient (Wildman–Crippen LogP) is 0.827. The van der Waals surface area contributed by atoms with Crippen molar-refractivity contribution in [3.63, 3.8) is 0 Å². The normalized spacial score (nSPS) is 13.7. The fourth-order valence-corrected chi connectivity index (χ4v) is 1.95. The van der Waals surface area contributed by atoms with Gasteiger partial charge in [0.2, 0.25) is 0 Å². The topological polar surface area (TPSA) is 70.4 Å². The Kier molecular flexibility index (Phi) is 5.77. The number of imidazole rings is 1. The van der Waals surface area contributed by atoms with Crippen LogP contribution in [0.15, 0.2) is 12.5 Å². The molecular weight excluding hydrogens is 256 g/mol. The van der Waals surface area contributed by atoms with Gasteiger partial charge in [-0.3, -0.25) is 0 Å². The Bertz CT molecular complexity index is 455. The van der Waals surface area contributed by atoms with Crippen LogP contribution in [-0.4, -0.2) is 42.9 Å². The molecule has 0 aliphatic rings. The van der Waals surface area contributed by atoms with E-state index in [1.807, 2.05) is 13.8 Å². The highest BCUT2D eigenvalue weighted by Crippen LogP contribution is 2.05. The first-order valence-corrected chi connectivity index (χ1v) is 7.88.